The van der Waals surface area contributed by atoms with Crippen molar-refractivity contribution >= 4 is 13.4 Å². The van der Waals surface area contributed by atoms with Gasteiger partial charge in [-0.05, 0) is 46.6 Å². The van der Waals surface area contributed by atoms with E-state index >= 15 is 0 Å². The summed E-state index contributed by atoms with van der Waals surface area (Å²) in [7, 11) is -3.30. The molecule has 0 heterocycles. The molecule has 0 unspecified atom stereocenters. The Balaban J connectivity index is 2.96. The molecule has 0 aliphatic heterocycles. The van der Waals surface area contributed by atoms with E-state index in [1.165, 1.54) is 6.08 Å². The SMILES string of the molecule is CC(C)OP(=O)(OC(C)C)C1=CC(=O)CCC1. The van der Waals surface area contributed by atoms with Crippen LogP contribution in [0.5, 0.6) is 0 Å². The van der Waals surface area contributed by atoms with E-state index in [1.807, 2.05) is 27.7 Å². The van der Waals surface area contributed by atoms with Crippen molar-refractivity contribution < 1.29 is 18.4 Å². The standard InChI is InChI=1S/C12H21O4P/c1-9(2)15-17(14,16-10(3)4)12-7-5-6-11(13)8-12/h8-10H,5-7H2,1-4H3. The van der Waals surface area contributed by atoms with Crippen LogP contribution in [0.15, 0.2) is 11.4 Å². The highest BCUT2D eigenvalue weighted by Crippen LogP contribution is 2.60. The average Bonchev–Trinajstić information content (AvgIpc) is 2.14. The largest absolute Gasteiger partial charge is 0.357 e. The van der Waals surface area contributed by atoms with Crippen LogP contribution in [0.1, 0.15) is 47.0 Å². The number of rotatable bonds is 5. The van der Waals surface area contributed by atoms with Gasteiger partial charge in [-0.2, -0.15) is 0 Å². The molecule has 0 atom stereocenters. The zero-order valence-electron chi connectivity index (χ0n) is 10.9. The van der Waals surface area contributed by atoms with E-state index in [1.54, 1.807) is 0 Å². The Bertz CT molecular complexity index is 344. The van der Waals surface area contributed by atoms with Gasteiger partial charge in [-0.1, -0.05) is 0 Å². The van der Waals surface area contributed by atoms with Gasteiger partial charge in [-0.3, -0.25) is 9.36 Å². The highest BCUT2D eigenvalue weighted by molar-refractivity contribution is 7.58. The van der Waals surface area contributed by atoms with E-state index in [-0.39, 0.29) is 18.0 Å². The van der Waals surface area contributed by atoms with Crippen LogP contribution in [0, 0.1) is 0 Å². The molecular formula is C12H21O4P. The number of carbonyl (C=O) groups is 1. The fourth-order valence-electron chi connectivity index (χ4n) is 1.71. The van der Waals surface area contributed by atoms with Crippen LogP contribution in [0.2, 0.25) is 0 Å². The third kappa shape index (κ3) is 4.38. The Morgan fingerprint density at radius 1 is 1.12 bits per heavy atom. The molecule has 0 aromatic carbocycles. The predicted molar refractivity (Wildman–Crippen MR) is 67.0 cm³/mol. The van der Waals surface area contributed by atoms with Gasteiger partial charge in [0.1, 0.15) is 0 Å². The van der Waals surface area contributed by atoms with Crippen LogP contribution in [-0.4, -0.2) is 18.0 Å². The third-order valence-electron chi connectivity index (χ3n) is 2.23. The molecule has 0 amide bonds. The summed E-state index contributed by atoms with van der Waals surface area (Å²) < 4.78 is 23.6. The lowest BCUT2D eigenvalue weighted by molar-refractivity contribution is -0.115. The molecule has 1 rings (SSSR count). The highest BCUT2D eigenvalue weighted by atomic mass is 31.2. The molecular weight excluding hydrogens is 239 g/mol. The minimum Gasteiger partial charge on any atom is -0.303 e. The van der Waals surface area contributed by atoms with Crippen molar-refractivity contribution in [3.05, 3.63) is 11.4 Å². The molecule has 5 heteroatoms. The maximum atomic E-state index is 12.7. The molecule has 0 fully saturated rings. The Morgan fingerprint density at radius 3 is 2.06 bits per heavy atom. The van der Waals surface area contributed by atoms with Crippen LogP contribution >= 0.6 is 7.60 Å². The van der Waals surface area contributed by atoms with Crippen LogP contribution in [0.3, 0.4) is 0 Å². The van der Waals surface area contributed by atoms with E-state index in [4.69, 9.17) is 9.05 Å². The van der Waals surface area contributed by atoms with Gasteiger partial charge in [0, 0.05) is 11.7 Å². The third-order valence-corrected chi connectivity index (χ3v) is 4.69. The van der Waals surface area contributed by atoms with Crippen molar-refractivity contribution in [2.75, 3.05) is 0 Å². The predicted octanol–water partition coefficient (Wildman–Crippen LogP) is 3.67. The zero-order valence-corrected chi connectivity index (χ0v) is 11.8. The molecule has 1 aliphatic rings. The fourth-order valence-corrected chi connectivity index (χ4v) is 3.87. The van der Waals surface area contributed by atoms with Gasteiger partial charge in [0.25, 0.3) is 0 Å². The lowest BCUT2D eigenvalue weighted by Gasteiger charge is -2.26. The van der Waals surface area contributed by atoms with Crippen molar-refractivity contribution in [3.8, 4) is 0 Å². The topological polar surface area (TPSA) is 52.6 Å². The Hall–Kier alpha value is -0.440. The quantitative estimate of drug-likeness (QED) is 0.708. The first-order valence-corrected chi connectivity index (χ1v) is 7.58. The molecule has 0 N–H and O–H groups in total. The van der Waals surface area contributed by atoms with Gasteiger partial charge in [0.15, 0.2) is 5.78 Å². The van der Waals surface area contributed by atoms with Crippen molar-refractivity contribution in [2.24, 2.45) is 0 Å². The molecule has 98 valence electrons. The van der Waals surface area contributed by atoms with Crippen molar-refractivity contribution in [1.29, 1.82) is 0 Å². The van der Waals surface area contributed by atoms with Crippen LogP contribution < -0.4 is 0 Å². The molecule has 0 spiro atoms. The summed E-state index contributed by atoms with van der Waals surface area (Å²) in [6.07, 6.45) is 2.90. The molecule has 4 nitrogen and oxygen atoms in total. The summed E-state index contributed by atoms with van der Waals surface area (Å²) in [6.45, 7) is 7.23. The smallest absolute Gasteiger partial charge is 0.303 e. The van der Waals surface area contributed by atoms with E-state index in [2.05, 4.69) is 0 Å². The monoisotopic (exact) mass is 260 g/mol. The van der Waals surface area contributed by atoms with Gasteiger partial charge in [0.05, 0.1) is 12.2 Å². The van der Waals surface area contributed by atoms with Crippen molar-refractivity contribution in [3.63, 3.8) is 0 Å². The second-order valence-electron chi connectivity index (χ2n) is 4.76. The van der Waals surface area contributed by atoms with Gasteiger partial charge in [-0.25, -0.2) is 0 Å². The molecule has 17 heavy (non-hydrogen) atoms. The molecule has 0 aromatic heterocycles. The van der Waals surface area contributed by atoms with Crippen molar-refractivity contribution in [1.82, 2.24) is 0 Å². The summed E-state index contributed by atoms with van der Waals surface area (Å²) >= 11 is 0. The van der Waals surface area contributed by atoms with E-state index in [0.29, 0.717) is 18.2 Å². The first-order chi connectivity index (χ1) is 7.83. The Kier molecular flexibility index (Phi) is 5.11. The number of allylic oxidation sites excluding steroid dienone is 2. The van der Waals surface area contributed by atoms with Crippen LogP contribution in [0.4, 0.5) is 0 Å². The van der Waals surface area contributed by atoms with Gasteiger partial charge in [-0.15, -0.1) is 0 Å². The maximum absolute atomic E-state index is 12.7. The van der Waals surface area contributed by atoms with Gasteiger partial charge in [0.2, 0.25) is 0 Å². The van der Waals surface area contributed by atoms with E-state index in [0.717, 1.165) is 6.42 Å². The normalized spacial score (nSPS) is 17.8. The van der Waals surface area contributed by atoms with E-state index < -0.39 is 7.60 Å². The fraction of sp³-hybridized carbons (Fsp3) is 0.750. The maximum Gasteiger partial charge on any atom is 0.357 e. The Morgan fingerprint density at radius 2 is 1.65 bits per heavy atom. The van der Waals surface area contributed by atoms with Crippen LogP contribution in [-0.2, 0) is 18.4 Å². The number of hydrogen-bond acceptors (Lipinski definition) is 4. The number of hydrogen-bond donors (Lipinski definition) is 0. The molecule has 0 saturated carbocycles. The molecule has 1 aliphatic carbocycles. The number of ketones is 1. The highest BCUT2D eigenvalue weighted by Gasteiger charge is 2.34. The minimum absolute atomic E-state index is 0.00573. The summed E-state index contributed by atoms with van der Waals surface area (Å²) in [5.74, 6) is 0.00573. The van der Waals surface area contributed by atoms with Gasteiger partial charge >= 0.3 is 7.60 Å². The molecule has 0 aromatic rings. The second kappa shape index (κ2) is 5.94. The average molecular weight is 260 g/mol. The molecule has 0 radical (unpaired) electrons. The summed E-state index contributed by atoms with van der Waals surface area (Å²) in [6, 6.07) is 0. The molecule has 0 saturated heterocycles. The lowest BCUT2D eigenvalue weighted by atomic mass is 10.1. The second-order valence-corrected chi connectivity index (χ2v) is 6.75. The first kappa shape index (κ1) is 14.6. The first-order valence-electron chi connectivity index (χ1n) is 6.04. The zero-order chi connectivity index (χ0) is 13.1. The minimum atomic E-state index is -3.30. The molecule has 0 bridgehead atoms. The Labute approximate surface area is 103 Å². The summed E-state index contributed by atoms with van der Waals surface area (Å²) in [5, 5.41) is 0.524. The van der Waals surface area contributed by atoms with Gasteiger partial charge < -0.3 is 9.05 Å². The summed E-state index contributed by atoms with van der Waals surface area (Å²) in [5.41, 5.74) is 0. The van der Waals surface area contributed by atoms with E-state index in [9.17, 15) is 9.36 Å². The number of carbonyl (C=O) groups excluding carboxylic acids is 1. The van der Waals surface area contributed by atoms with Crippen LogP contribution in [0.25, 0.3) is 0 Å². The summed E-state index contributed by atoms with van der Waals surface area (Å²) in [4.78, 5) is 11.4. The van der Waals surface area contributed by atoms with Crippen molar-refractivity contribution in [2.45, 2.75) is 59.2 Å². The lowest BCUT2D eigenvalue weighted by Crippen LogP contribution is -2.12.